The molecular weight excluding hydrogens is 511 g/mol. The van der Waals surface area contributed by atoms with Gasteiger partial charge in [0.2, 0.25) is 8.32 Å². The predicted octanol–water partition coefficient (Wildman–Crippen LogP) is 6.18. The molecule has 0 aliphatic rings. The van der Waals surface area contributed by atoms with Crippen LogP contribution in [0.5, 0.6) is 5.75 Å². The molecule has 11 heteroatoms. The van der Waals surface area contributed by atoms with Crippen molar-refractivity contribution in [3.05, 3.63) is 29.8 Å². The van der Waals surface area contributed by atoms with Crippen molar-refractivity contribution in [1.29, 1.82) is 0 Å². The van der Waals surface area contributed by atoms with E-state index in [0.29, 0.717) is 18.3 Å². The lowest BCUT2D eigenvalue weighted by atomic mass is 10.1. The third kappa shape index (κ3) is 10.4. The first kappa shape index (κ1) is 31.2. The molecule has 193 valence electrons. The molecule has 1 rings (SSSR count). The molecule has 1 aromatic carbocycles. The summed E-state index contributed by atoms with van der Waals surface area (Å²) in [6.45, 7) is 30.3. The van der Waals surface area contributed by atoms with E-state index in [0.717, 1.165) is 11.1 Å². The minimum atomic E-state index is -2.42. The third-order valence-electron chi connectivity index (χ3n) is 4.88. The summed E-state index contributed by atoms with van der Waals surface area (Å²) in [6.07, 6.45) is 1.27. The van der Waals surface area contributed by atoms with Crippen molar-refractivity contribution in [2.24, 2.45) is 0 Å². The normalized spacial score (nSPS) is 13.2. The fourth-order valence-electron chi connectivity index (χ4n) is 4.21. The van der Waals surface area contributed by atoms with Crippen LogP contribution in [0, 0.1) is 6.92 Å². The van der Waals surface area contributed by atoms with E-state index in [2.05, 4.69) is 83.9 Å². The molecule has 1 amide bonds. The highest BCUT2D eigenvalue weighted by atomic mass is 28.5. The van der Waals surface area contributed by atoms with E-state index < -0.39 is 48.6 Å². The number of carbonyl (C=O) groups is 1. The lowest BCUT2D eigenvalue weighted by Crippen LogP contribution is -2.53. The molecule has 1 aromatic rings. The van der Waals surface area contributed by atoms with E-state index >= 15 is 0 Å². The maximum absolute atomic E-state index is 12.6. The van der Waals surface area contributed by atoms with Gasteiger partial charge in [-0.3, -0.25) is 0 Å². The summed E-state index contributed by atoms with van der Waals surface area (Å²) in [7, 11) is -8.86. The van der Waals surface area contributed by atoms with Gasteiger partial charge in [-0.25, -0.2) is 4.79 Å². The molecule has 0 spiro atoms. The van der Waals surface area contributed by atoms with Crippen LogP contribution in [-0.2, 0) is 12.3 Å². The van der Waals surface area contributed by atoms with Gasteiger partial charge in [0.25, 0.3) is 0 Å². The molecule has 0 aromatic heterocycles. The molecular formula is C23H46NO5Si5. The highest BCUT2D eigenvalue weighted by Crippen LogP contribution is 2.26. The number of amides is 1. The zero-order valence-electron chi connectivity index (χ0n) is 23.4. The summed E-state index contributed by atoms with van der Waals surface area (Å²) in [6, 6.07) is 4.57. The van der Waals surface area contributed by atoms with Crippen LogP contribution in [0.25, 0.3) is 6.08 Å². The molecule has 0 bridgehead atoms. The van der Waals surface area contributed by atoms with Gasteiger partial charge in [-0.05, 0) is 95.8 Å². The van der Waals surface area contributed by atoms with Crippen LogP contribution >= 0.6 is 0 Å². The lowest BCUT2D eigenvalue weighted by molar-refractivity contribution is 0.201. The Balaban J connectivity index is 2.94. The molecule has 0 fully saturated rings. The van der Waals surface area contributed by atoms with Crippen molar-refractivity contribution >= 4 is 59.9 Å². The highest BCUT2D eigenvalue weighted by molar-refractivity contribution is 6.89. The Labute approximate surface area is 213 Å². The van der Waals surface area contributed by atoms with E-state index in [1.807, 2.05) is 19.1 Å². The molecule has 0 heterocycles. The zero-order chi connectivity index (χ0) is 26.5. The number of nitrogens with one attached hydrogen (secondary N) is 1. The van der Waals surface area contributed by atoms with Gasteiger partial charge in [0.05, 0.1) is 0 Å². The second kappa shape index (κ2) is 12.0. The molecule has 0 unspecified atom stereocenters. The van der Waals surface area contributed by atoms with Crippen LogP contribution < -0.4 is 15.2 Å². The van der Waals surface area contributed by atoms with E-state index in [-0.39, 0.29) is 0 Å². The molecule has 0 atom stereocenters. The maximum Gasteiger partial charge on any atom is 0.412 e. The first-order valence-corrected chi connectivity index (χ1v) is 26.6. The van der Waals surface area contributed by atoms with Crippen molar-refractivity contribution in [3.8, 4) is 5.75 Å². The number of hydrogen-bond acceptors (Lipinski definition) is 5. The van der Waals surface area contributed by atoms with Crippen LogP contribution in [0.4, 0.5) is 4.79 Å². The summed E-state index contributed by atoms with van der Waals surface area (Å²) in [5.41, 5.74) is 1.90. The van der Waals surface area contributed by atoms with E-state index in [1.54, 1.807) is 6.08 Å². The Morgan fingerprint density at radius 2 is 1.53 bits per heavy atom. The number of hydrogen-bond donors (Lipinski definition) is 1. The molecule has 0 saturated carbocycles. The molecule has 0 aliphatic heterocycles. The van der Waals surface area contributed by atoms with Gasteiger partial charge in [-0.2, -0.15) is 0 Å². The monoisotopic (exact) mass is 556 g/mol. The fraction of sp³-hybridized carbons (Fsp3) is 0.609. The van der Waals surface area contributed by atoms with Crippen molar-refractivity contribution in [2.75, 3.05) is 6.54 Å². The highest BCUT2D eigenvalue weighted by Gasteiger charge is 2.40. The van der Waals surface area contributed by atoms with Crippen LogP contribution in [0.1, 0.15) is 11.1 Å². The van der Waals surface area contributed by atoms with Gasteiger partial charge in [0.15, 0.2) is 25.7 Å². The Kier molecular flexibility index (Phi) is 11.0. The van der Waals surface area contributed by atoms with E-state index in [9.17, 15) is 4.79 Å². The number of benzene rings is 1. The predicted molar refractivity (Wildman–Crippen MR) is 156 cm³/mol. The molecule has 0 saturated heterocycles. The molecule has 6 nitrogen and oxygen atoms in total. The zero-order valence-corrected chi connectivity index (χ0v) is 28.4. The number of rotatable bonds is 12. The standard InChI is InChI=1S/C23H46NO5Si5/c1-14-20-19(2)22(33(11,12)27-30(3)4)16-15-21(20)26-23(25)24-17-18-34(13,28-31(5,6)7)29-32(8,9)10/h14-16H,1,17-18H2,2-13H3,(H,24,25). The molecule has 1 N–H and O–H groups in total. The fourth-order valence-corrected chi connectivity index (χ4v) is 22.6. The van der Waals surface area contributed by atoms with Crippen molar-refractivity contribution in [1.82, 2.24) is 5.32 Å². The van der Waals surface area contributed by atoms with Crippen LogP contribution in [-0.4, -0.2) is 55.2 Å². The smallest absolute Gasteiger partial charge is 0.412 e. The van der Waals surface area contributed by atoms with Gasteiger partial charge in [-0.1, -0.05) is 18.7 Å². The average molecular weight is 557 g/mol. The van der Waals surface area contributed by atoms with Gasteiger partial charge in [-0.15, -0.1) is 0 Å². The SMILES string of the molecule is C=Cc1c(OC(=O)NCC[Si](C)(O[Si](C)(C)C)O[Si](C)(C)C)ccc([Si](C)(C)O[Si](C)C)c1C. The summed E-state index contributed by atoms with van der Waals surface area (Å²) in [5.74, 6) is 0.508. The lowest BCUT2D eigenvalue weighted by Gasteiger charge is -2.38. The van der Waals surface area contributed by atoms with Gasteiger partial charge >= 0.3 is 14.7 Å². The second-order valence-electron chi connectivity index (χ2n) is 11.5. The maximum atomic E-state index is 12.6. The molecule has 34 heavy (non-hydrogen) atoms. The van der Waals surface area contributed by atoms with Gasteiger partial charge in [0, 0.05) is 18.2 Å². The number of ether oxygens (including phenoxy) is 1. The Bertz CT molecular complexity index is 847. The first-order valence-electron chi connectivity index (χ1n) is 11.9. The van der Waals surface area contributed by atoms with E-state index in [1.165, 1.54) is 5.19 Å². The average Bonchev–Trinajstić information content (AvgIpc) is 2.56. The summed E-state index contributed by atoms with van der Waals surface area (Å²) in [4.78, 5) is 12.6. The van der Waals surface area contributed by atoms with Gasteiger partial charge < -0.3 is 22.4 Å². The quantitative estimate of drug-likeness (QED) is 0.311. The summed E-state index contributed by atoms with van der Waals surface area (Å²) < 4.78 is 25.1. The van der Waals surface area contributed by atoms with Crippen LogP contribution in [0.15, 0.2) is 18.7 Å². The Morgan fingerprint density at radius 3 is 1.97 bits per heavy atom. The molecule has 1 radical (unpaired) electrons. The topological polar surface area (TPSA) is 66.0 Å². The minimum Gasteiger partial charge on any atom is -0.452 e. The van der Waals surface area contributed by atoms with Crippen molar-refractivity contribution < 1.29 is 21.9 Å². The Hall–Kier alpha value is -0.806. The largest absolute Gasteiger partial charge is 0.452 e. The Morgan fingerprint density at radius 1 is 1.00 bits per heavy atom. The number of carbonyl (C=O) groups excluding carboxylic acids is 1. The van der Waals surface area contributed by atoms with Crippen molar-refractivity contribution in [3.63, 3.8) is 0 Å². The third-order valence-corrected chi connectivity index (χ3v) is 19.9. The summed E-state index contributed by atoms with van der Waals surface area (Å²) >= 11 is 0. The minimum absolute atomic E-state index is 0.447. The van der Waals surface area contributed by atoms with E-state index in [4.69, 9.17) is 17.1 Å². The molecule has 0 aliphatic carbocycles. The van der Waals surface area contributed by atoms with Crippen LogP contribution in [0.3, 0.4) is 0 Å². The van der Waals surface area contributed by atoms with Gasteiger partial charge in [0.1, 0.15) is 5.75 Å². The van der Waals surface area contributed by atoms with Crippen LogP contribution in [0.2, 0.25) is 78.1 Å². The summed E-state index contributed by atoms with van der Waals surface area (Å²) in [5, 5.41) is 4.10. The second-order valence-corrected chi connectivity index (χ2v) is 30.5. The van der Waals surface area contributed by atoms with Crippen molar-refractivity contribution in [2.45, 2.75) is 85.0 Å². The first-order chi connectivity index (χ1) is 15.3.